The number of hydrogen-bond acceptors (Lipinski definition) is 6. The number of nitrogens with one attached hydrogen (secondary N) is 2. The van der Waals surface area contributed by atoms with Crippen LogP contribution in [0.1, 0.15) is 21.1 Å². The summed E-state index contributed by atoms with van der Waals surface area (Å²) >= 11 is 7.53. The predicted molar refractivity (Wildman–Crippen MR) is 132 cm³/mol. The molecular weight excluding hydrogens is 476 g/mol. The minimum Gasteiger partial charge on any atom is -0.454 e. The van der Waals surface area contributed by atoms with E-state index in [4.69, 9.17) is 16.3 Å². The van der Waals surface area contributed by atoms with Gasteiger partial charge in [0.2, 0.25) is 0 Å². The van der Waals surface area contributed by atoms with Gasteiger partial charge in [-0.1, -0.05) is 48.0 Å². The molecular formula is C24H21ClN4O4S. The molecule has 4 rings (SSSR count). The summed E-state index contributed by atoms with van der Waals surface area (Å²) in [5.74, 6) is -1.73. The van der Waals surface area contributed by atoms with Crippen LogP contribution in [0.15, 0.2) is 54.6 Å². The van der Waals surface area contributed by atoms with Gasteiger partial charge < -0.3 is 15.4 Å². The maximum atomic E-state index is 12.4. The number of fused-ring (bicyclic) bond motifs is 1. The number of para-hydroxylation sites is 1. The number of ether oxygens (including phenoxy) is 1. The fourth-order valence-corrected chi connectivity index (χ4v) is 4.84. The van der Waals surface area contributed by atoms with Crippen LogP contribution in [0.3, 0.4) is 0 Å². The average Bonchev–Trinajstić information content (AvgIpc) is 3.33. The highest BCUT2D eigenvalue weighted by Crippen LogP contribution is 2.34. The number of amides is 2. The molecule has 0 fully saturated rings. The van der Waals surface area contributed by atoms with E-state index in [0.29, 0.717) is 21.3 Å². The molecule has 0 atom stereocenters. The molecule has 0 spiro atoms. The molecule has 2 heterocycles. The Hall–Kier alpha value is -3.69. The number of esters is 1. The Morgan fingerprint density at radius 3 is 2.50 bits per heavy atom. The molecule has 174 valence electrons. The van der Waals surface area contributed by atoms with Crippen LogP contribution < -0.4 is 10.6 Å². The van der Waals surface area contributed by atoms with Crippen molar-refractivity contribution in [2.75, 3.05) is 18.5 Å². The van der Waals surface area contributed by atoms with Crippen LogP contribution in [0.25, 0.3) is 15.8 Å². The van der Waals surface area contributed by atoms with E-state index >= 15 is 0 Å². The lowest BCUT2D eigenvalue weighted by Crippen LogP contribution is -2.32. The monoisotopic (exact) mass is 496 g/mol. The third kappa shape index (κ3) is 4.95. The fraction of sp³-hybridized carbons (Fsp3) is 0.167. The number of carbonyl (C=O) groups is 3. The molecule has 0 unspecified atom stereocenters. The van der Waals surface area contributed by atoms with E-state index in [1.807, 2.05) is 61.5 Å². The number of halogens is 1. The number of aryl methyl sites for hydroxylation is 1. The summed E-state index contributed by atoms with van der Waals surface area (Å²) in [5.41, 5.74) is 2.80. The summed E-state index contributed by atoms with van der Waals surface area (Å²) in [7, 11) is 0. The zero-order valence-electron chi connectivity index (χ0n) is 18.4. The van der Waals surface area contributed by atoms with Crippen LogP contribution in [0, 0.1) is 13.8 Å². The summed E-state index contributed by atoms with van der Waals surface area (Å²) < 4.78 is 7.60. The molecule has 8 nitrogen and oxygen atoms in total. The standard InChI is InChI=1S/C24H21ClN4O4S/c1-14-22(15(2)29(28-14)16-8-4-3-5-9-16)27-19(30)13-33-20(31)12-26-24(32)23-21(25)17-10-6-7-11-18(17)34-23/h3-11H,12-13H2,1-2H3,(H,26,32)(H,27,30). The van der Waals surface area contributed by atoms with E-state index in [1.165, 1.54) is 11.3 Å². The van der Waals surface area contributed by atoms with Crippen LogP contribution in [0.4, 0.5) is 5.69 Å². The maximum Gasteiger partial charge on any atom is 0.325 e. The second kappa shape index (κ2) is 10.1. The summed E-state index contributed by atoms with van der Waals surface area (Å²) in [6.07, 6.45) is 0. The summed E-state index contributed by atoms with van der Waals surface area (Å²) in [6, 6.07) is 16.9. The van der Waals surface area contributed by atoms with Crippen LogP contribution in [-0.4, -0.2) is 40.7 Å². The zero-order chi connectivity index (χ0) is 24.2. The van der Waals surface area contributed by atoms with Crippen LogP contribution in [0.2, 0.25) is 5.02 Å². The number of aromatic nitrogens is 2. The molecule has 4 aromatic rings. The lowest BCUT2D eigenvalue weighted by molar-refractivity contribution is -0.146. The van der Waals surface area contributed by atoms with E-state index in [9.17, 15) is 14.4 Å². The fourth-order valence-electron chi connectivity index (χ4n) is 3.41. The molecule has 2 aromatic heterocycles. The summed E-state index contributed by atoms with van der Waals surface area (Å²) in [5, 5.41) is 10.8. The second-order valence-electron chi connectivity index (χ2n) is 7.43. The van der Waals surface area contributed by atoms with Crippen molar-refractivity contribution in [2.45, 2.75) is 13.8 Å². The van der Waals surface area contributed by atoms with Crippen molar-refractivity contribution in [1.29, 1.82) is 0 Å². The Bertz CT molecular complexity index is 1380. The van der Waals surface area contributed by atoms with Gasteiger partial charge in [-0.3, -0.25) is 14.4 Å². The van der Waals surface area contributed by atoms with Gasteiger partial charge in [-0.2, -0.15) is 5.10 Å². The maximum absolute atomic E-state index is 12.4. The van der Waals surface area contributed by atoms with Crippen molar-refractivity contribution >= 4 is 56.5 Å². The van der Waals surface area contributed by atoms with E-state index in [1.54, 1.807) is 11.6 Å². The van der Waals surface area contributed by atoms with E-state index in [0.717, 1.165) is 21.5 Å². The quantitative estimate of drug-likeness (QED) is 0.372. The zero-order valence-corrected chi connectivity index (χ0v) is 20.0. The van der Waals surface area contributed by atoms with Crippen LogP contribution in [-0.2, 0) is 14.3 Å². The van der Waals surface area contributed by atoms with E-state index < -0.39 is 24.4 Å². The smallest absolute Gasteiger partial charge is 0.325 e. The first kappa shape index (κ1) is 23.5. The molecule has 0 radical (unpaired) electrons. The highest BCUT2D eigenvalue weighted by molar-refractivity contribution is 7.21. The minimum atomic E-state index is -0.742. The second-order valence-corrected chi connectivity index (χ2v) is 8.86. The van der Waals surface area contributed by atoms with Crippen molar-refractivity contribution < 1.29 is 19.1 Å². The minimum absolute atomic E-state index is 0.315. The van der Waals surface area contributed by atoms with Gasteiger partial charge in [0.1, 0.15) is 11.4 Å². The molecule has 34 heavy (non-hydrogen) atoms. The van der Waals surface area contributed by atoms with Gasteiger partial charge >= 0.3 is 5.97 Å². The van der Waals surface area contributed by atoms with Gasteiger partial charge in [0.15, 0.2) is 6.61 Å². The number of hydrogen-bond donors (Lipinski definition) is 2. The van der Waals surface area contributed by atoms with Crippen LogP contribution >= 0.6 is 22.9 Å². The lowest BCUT2D eigenvalue weighted by Gasteiger charge is -2.08. The van der Waals surface area contributed by atoms with Gasteiger partial charge in [0.25, 0.3) is 11.8 Å². The van der Waals surface area contributed by atoms with Gasteiger partial charge in [-0.25, -0.2) is 4.68 Å². The first-order valence-corrected chi connectivity index (χ1v) is 11.6. The Morgan fingerprint density at radius 2 is 1.76 bits per heavy atom. The molecule has 0 bridgehead atoms. The molecule has 0 saturated carbocycles. The van der Waals surface area contributed by atoms with Gasteiger partial charge in [-0.05, 0) is 32.0 Å². The number of nitrogens with zero attached hydrogens (tertiary/aromatic N) is 2. The predicted octanol–water partition coefficient (Wildman–Crippen LogP) is 4.27. The highest BCUT2D eigenvalue weighted by Gasteiger charge is 2.19. The molecule has 0 aliphatic carbocycles. The van der Waals surface area contributed by atoms with Crippen molar-refractivity contribution in [1.82, 2.24) is 15.1 Å². The Kier molecular flexibility index (Phi) is 6.95. The number of carbonyl (C=O) groups excluding carboxylic acids is 3. The molecule has 0 aliphatic rings. The normalized spacial score (nSPS) is 10.8. The molecule has 0 aliphatic heterocycles. The summed E-state index contributed by atoms with van der Waals surface area (Å²) in [4.78, 5) is 37.1. The molecule has 2 amide bonds. The third-order valence-electron chi connectivity index (χ3n) is 5.06. The largest absolute Gasteiger partial charge is 0.454 e. The topological polar surface area (TPSA) is 102 Å². The van der Waals surface area contributed by atoms with Crippen molar-refractivity contribution in [2.24, 2.45) is 0 Å². The number of thiophene rings is 1. The number of benzene rings is 2. The average molecular weight is 497 g/mol. The lowest BCUT2D eigenvalue weighted by atomic mass is 10.2. The Balaban J connectivity index is 1.30. The highest BCUT2D eigenvalue weighted by atomic mass is 35.5. The SMILES string of the molecule is Cc1nn(-c2ccccc2)c(C)c1NC(=O)COC(=O)CNC(=O)c1sc2ccccc2c1Cl. The number of anilines is 1. The molecule has 0 saturated heterocycles. The van der Waals surface area contributed by atoms with Crippen LogP contribution in [0.5, 0.6) is 0 Å². The van der Waals surface area contributed by atoms with Crippen molar-refractivity contribution in [3.05, 3.63) is 75.9 Å². The van der Waals surface area contributed by atoms with Gasteiger partial charge in [0.05, 0.1) is 27.8 Å². The van der Waals surface area contributed by atoms with Crippen molar-refractivity contribution in [3.63, 3.8) is 0 Å². The first-order chi connectivity index (χ1) is 16.3. The third-order valence-corrected chi connectivity index (χ3v) is 6.73. The van der Waals surface area contributed by atoms with Gasteiger partial charge in [-0.15, -0.1) is 11.3 Å². The van der Waals surface area contributed by atoms with E-state index in [-0.39, 0.29) is 6.54 Å². The molecule has 10 heteroatoms. The van der Waals surface area contributed by atoms with E-state index in [2.05, 4.69) is 15.7 Å². The molecule has 2 N–H and O–H groups in total. The van der Waals surface area contributed by atoms with Gasteiger partial charge in [0, 0.05) is 10.1 Å². The Morgan fingerprint density at radius 1 is 1.06 bits per heavy atom. The Labute approximate surface area is 204 Å². The van der Waals surface area contributed by atoms with Crippen molar-refractivity contribution in [3.8, 4) is 5.69 Å². The first-order valence-electron chi connectivity index (χ1n) is 10.4. The number of rotatable bonds is 7. The summed E-state index contributed by atoms with van der Waals surface area (Å²) in [6.45, 7) is 2.74. The molecule has 2 aromatic carbocycles.